The van der Waals surface area contributed by atoms with Crippen LogP contribution < -0.4 is 20.1 Å². The standard InChI is InChI=1S/C15H23N3O4S/c1-3-23(19,20)10-7-17-15(16-2)18-12-5-6-13-14(11-12)22-9-4-8-21-13/h5-6,11H,3-4,7-10H2,1-2H3,(H2,16,17,18). The number of hydrogen-bond acceptors (Lipinski definition) is 5. The third-order valence-electron chi connectivity index (χ3n) is 3.38. The highest BCUT2D eigenvalue weighted by molar-refractivity contribution is 7.91. The fourth-order valence-corrected chi connectivity index (χ4v) is 2.73. The van der Waals surface area contributed by atoms with Crippen molar-refractivity contribution in [1.82, 2.24) is 5.32 Å². The fourth-order valence-electron chi connectivity index (χ4n) is 2.03. The van der Waals surface area contributed by atoms with Crippen LogP contribution in [-0.2, 0) is 9.84 Å². The number of anilines is 1. The van der Waals surface area contributed by atoms with E-state index in [2.05, 4.69) is 15.6 Å². The molecule has 0 unspecified atom stereocenters. The Hall–Kier alpha value is -1.96. The quantitative estimate of drug-likeness (QED) is 0.619. The lowest BCUT2D eigenvalue weighted by molar-refractivity contribution is 0.297. The molecular weight excluding hydrogens is 318 g/mol. The molecule has 0 amide bonds. The number of fused-ring (bicyclic) bond motifs is 1. The van der Waals surface area contributed by atoms with E-state index in [4.69, 9.17) is 9.47 Å². The number of hydrogen-bond donors (Lipinski definition) is 2. The van der Waals surface area contributed by atoms with E-state index < -0.39 is 9.84 Å². The molecule has 1 aromatic carbocycles. The first-order valence-electron chi connectivity index (χ1n) is 7.62. The Morgan fingerprint density at radius 3 is 2.70 bits per heavy atom. The third kappa shape index (κ3) is 5.31. The zero-order valence-electron chi connectivity index (χ0n) is 13.5. The molecule has 0 atom stereocenters. The predicted molar refractivity (Wildman–Crippen MR) is 91.4 cm³/mol. The molecular formula is C15H23N3O4S. The molecule has 23 heavy (non-hydrogen) atoms. The van der Waals surface area contributed by atoms with Gasteiger partial charge in [-0.3, -0.25) is 4.99 Å². The van der Waals surface area contributed by atoms with Gasteiger partial charge in [0.1, 0.15) is 0 Å². The summed E-state index contributed by atoms with van der Waals surface area (Å²) in [5.74, 6) is 2.14. The van der Waals surface area contributed by atoms with Crippen molar-refractivity contribution in [1.29, 1.82) is 0 Å². The van der Waals surface area contributed by atoms with Gasteiger partial charge in [0.05, 0.1) is 19.0 Å². The van der Waals surface area contributed by atoms with Crippen LogP contribution in [-0.4, -0.2) is 52.7 Å². The monoisotopic (exact) mass is 341 g/mol. The summed E-state index contributed by atoms with van der Waals surface area (Å²) in [6.45, 7) is 3.22. The van der Waals surface area contributed by atoms with Gasteiger partial charge in [-0.2, -0.15) is 0 Å². The number of rotatable bonds is 5. The molecule has 0 fully saturated rings. The minimum atomic E-state index is -2.99. The van der Waals surface area contributed by atoms with Crippen molar-refractivity contribution in [2.75, 3.05) is 43.6 Å². The van der Waals surface area contributed by atoms with E-state index in [1.165, 1.54) is 0 Å². The number of aliphatic imine (C=N–C) groups is 1. The van der Waals surface area contributed by atoms with E-state index >= 15 is 0 Å². The summed E-state index contributed by atoms with van der Waals surface area (Å²) < 4.78 is 34.2. The Morgan fingerprint density at radius 2 is 2.00 bits per heavy atom. The second kappa shape index (κ2) is 8.05. The number of guanidine groups is 1. The van der Waals surface area contributed by atoms with E-state index in [0.717, 1.165) is 17.9 Å². The van der Waals surface area contributed by atoms with Crippen LogP contribution in [0.5, 0.6) is 11.5 Å². The summed E-state index contributed by atoms with van der Waals surface area (Å²) in [5.41, 5.74) is 0.792. The summed E-state index contributed by atoms with van der Waals surface area (Å²) in [6, 6.07) is 5.55. The van der Waals surface area contributed by atoms with Crippen LogP contribution in [0.15, 0.2) is 23.2 Å². The largest absolute Gasteiger partial charge is 0.490 e. The summed E-state index contributed by atoms with van der Waals surface area (Å²) >= 11 is 0. The minimum absolute atomic E-state index is 0.0747. The Balaban J connectivity index is 1.95. The van der Waals surface area contributed by atoms with Crippen molar-refractivity contribution in [3.63, 3.8) is 0 Å². The topological polar surface area (TPSA) is 89.0 Å². The molecule has 1 aliphatic heterocycles. The van der Waals surface area contributed by atoms with Crippen molar-refractivity contribution in [3.05, 3.63) is 18.2 Å². The molecule has 1 aliphatic rings. The van der Waals surface area contributed by atoms with Crippen LogP contribution in [0.1, 0.15) is 13.3 Å². The highest BCUT2D eigenvalue weighted by atomic mass is 32.2. The normalized spacial score (nSPS) is 15.0. The van der Waals surface area contributed by atoms with Gasteiger partial charge in [-0.05, 0) is 12.1 Å². The van der Waals surface area contributed by atoms with Crippen LogP contribution in [0.4, 0.5) is 5.69 Å². The molecule has 7 nitrogen and oxygen atoms in total. The molecule has 8 heteroatoms. The maximum atomic E-state index is 11.5. The summed E-state index contributed by atoms with van der Waals surface area (Å²) in [4.78, 5) is 4.09. The lowest BCUT2D eigenvalue weighted by atomic mass is 10.3. The van der Waals surface area contributed by atoms with E-state index in [1.807, 2.05) is 18.2 Å². The molecule has 0 aliphatic carbocycles. The molecule has 1 aromatic rings. The van der Waals surface area contributed by atoms with Crippen molar-refractivity contribution in [2.24, 2.45) is 4.99 Å². The molecule has 0 bridgehead atoms. The SMILES string of the molecule is CCS(=O)(=O)CCNC(=NC)Nc1ccc2c(c1)OCCCO2. The molecule has 0 aromatic heterocycles. The molecule has 0 saturated heterocycles. The number of benzene rings is 1. The molecule has 1 heterocycles. The minimum Gasteiger partial charge on any atom is -0.490 e. The van der Waals surface area contributed by atoms with E-state index in [1.54, 1.807) is 14.0 Å². The van der Waals surface area contributed by atoms with Gasteiger partial charge in [0.25, 0.3) is 0 Å². The van der Waals surface area contributed by atoms with Crippen LogP contribution in [0.2, 0.25) is 0 Å². The van der Waals surface area contributed by atoms with Crippen LogP contribution in [0, 0.1) is 0 Å². The first-order chi connectivity index (χ1) is 11.0. The summed E-state index contributed by atoms with van der Waals surface area (Å²) in [6.07, 6.45) is 0.854. The Kier molecular flexibility index (Phi) is 6.09. The van der Waals surface area contributed by atoms with Gasteiger partial charge in [-0.15, -0.1) is 0 Å². The van der Waals surface area contributed by atoms with E-state index in [0.29, 0.717) is 31.5 Å². The lowest BCUT2D eigenvalue weighted by Crippen LogP contribution is -2.34. The third-order valence-corrected chi connectivity index (χ3v) is 5.08. The van der Waals surface area contributed by atoms with Crippen LogP contribution >= 0.6 is 0 Å². The van der Waals surface area contributed by atoms with Crippen molar-refractivity contribution < 1.29 is 17.9 Å². The Bertz CT molecular complexity index is 659. The average Bonchev–Trinajstić information content (AvgIpc) is 2.78. The smallest absolute Gasteiger partial charge is 0.195 e. The molecule has 2 rings (SSSR count). The molecule has 0 radical (unpaired) electrons. The maximum Gasteiger partial charge on any atom is 0.195 e. The second-order valence-electron chi connectivity index (χ2n) is 5.07. The van der Waals surface area contributed by atoms with Crippen LogP contribution in [0.25, 0.3) is 0 Å². The highest BCUT2D eigenvalue weighted by Gasteiger charge is 2.12. The average molecular weight is 341 g/mol. The van der Waals surface area contributed by atoms with Gasteiger partial charge in [0.15, 0.2) is 27.3 Å². The maximum absolute atomic E-state index is 11.5. The zero-order valence-corrected chi connectivity index (χ0v) is 14.3. The zero-order chi connectivity index (χ0) is 16.7. The molecule has 2 N–H and O–H groups in total. The Labute approximate surface area is 137 Å². The van der Waals surface area contributed by atoms with E-state index in [9.17, 15) is 8.42 Å². The summed E-state index contributed by atoms with van der Waals surface area (Å²) in [7, 11) is -1.36. The van der Waals surface area contributed by atoms with E-state index in [-0.39, 0.29) is 11.5 Å². The first kappa shape index (κ1) is 17.4. The Morgan fingerprint density at radius 1 is 1.26 bits per heavy atom. The summed E-state index contributed by atoms with van der Waals surface area (Å²) in [5, 5.41) is 6.10. The van der Waals surface area contributed by atoms with Gasteiger partial charge in [-0.1, -0.05) is 6.92 Å². The van der Waals surface area contributed by atoms with Gasteiger partial charge < -0.3 is 20.1 Å². The number of nitrogens with zero attached hydrogens (tertiary/aromatic N) is 1. The van der Waals surface area contributed by atoms with Gasteiger partial charge in [-0.25, -0.2) is 8.42 Å². The molecule has 0 saturated carbocycles. The van der Waals surface area contributed by atoms with Crippen molar-refractivity contribution in [2.45, 2.75) is 13.3 Å². The molecule has 128 valence electrons. The number of ether oxygens (including phenoxy) is 2. The predicted octanol–water partition coefficient (Wildman–Crippen LogP) is 1.27. The fraction of sp³-hybridized carbons (Fsp3) is 0.533. The first-order valence-corrected chi connectivity index (χ1v) is 9.44. The lowest BCUT2D eigenvalue weighted by Gasteiger charge is -2.14. The number of sulfone groups is 1. The highest BCUT2D eigenvalue weighted by Crippen LogP contribution is 2.32. The van der Waals surface area contributed by atoms with Gasteiger partial charge in [0.2, 0.25) is 0 Å². The van der Waals surface area contributed by atoms with Crippen molar-refractivity contribution >= 4 is 21.5 Å². The number of nitrogens with one attached hydrogen (secondary N) is 2. The van der Waals surface area contributed by atoms with Gasteiger partial charge in [0, 0.05) is 37.5 Å². The second-order valence-corrected chi connectivity index (χ2v) is 7.55. The van der Waals surface area contributed by atoms with Gasteiger partial charge >= 0.3 is 0 Å². The van der Waals surface area contributed by atoms with Crippen molar-refractivity contribution in [3.8, 4) is 11.5 Å². The molecule has 0 spiro atoms. The van der Waals surface area contributed by atoms with Crippen LogP contribution in [0.3, 0.4) is 0 Å².